The summed E-state index contributed by atoms with van der Waals surface area (Å²) < 4.78 is 5.67. The molecule has 2 aromatic carbocycles. The van der Waals surface area contributed by atoms with E-state index in [1.54, 1.807) is 0 Å². The van der Waals surface area contributed by atoms with Gasteiger partial charge in [-0.25, -0.2) is 0 Å². The molecule has 0 aliphatic carbocycles. The Kier molecular flexibility index (Phi) is 4.56. The molecule has 0 aliphatic heterocycles. The second-order valence-corrected chi connectivity index (χ2v) is 7.57. The van der Waals surface area contributed by atoms with Gasteiger partial charge in [-0.3, -0.25) is 11.0 Å². The number of hydrogen-bond acceptors (Lipinski definition) is 2. The summed E-state index contributed by atoms with van der Waals surface area (Å²) in [4.78, 5) is 0. The molecule has 0 saturated heterocycles. The van der Waals surface area contributed by atoms with Gasteiger partial charge in [0, 0.05) is 5.69 Å². The molecule has 2 aromatic rings. The molecule has 0 aromatic heterocycles. The lowest BCUT2D eigenvalue weighted by molar-refractivity contribution is 0.306. The van der Waals surface area contributed by atoms with Crippen LogP contribution in [0, 0.1) is 0 Å². The first-order valence-corrected chi connectivity index (χ1v) is 8.69. The normalized spacial score (nSPS) is 11.1. The molecule has 0 saturated carbocycles. The lowest BCUT2D eigenvalue weighted by atomic mass is 10.2. The highest BCUT2D eigenvalue weighted by molar-refractivity contribution is 8.13. The average molecular weight is 293 g/mol. The summed E-state index contributed by atoms with van der Waals surface area (Å²) in [7, 11) is 0. The van der Waals surface area contributed by atoms with E-state index in [-0.39, 0.29) is 0 Å². The molecule has 100 valence electrons. The summed E-state index contributed by atoms with van der Waals surface area (Å²) >= 11 is 4.94. The van der Waals surface area contributed by atoms with Crippen molar-refractivity contribution in [3.63, 3.8) is 0 Å². The maximum absolute atomic E-state index is 5.67. The zero-order chi connectivity index (χ0) is 13.7. The van der Waals surface area contributed by atoms with E-state index in [9.17, 15) is 0 Å². The van der Waals surface area contributed by atoms with Gasteiger partial charge in [0.05, 0.1) is 0 Å². The van der Waals surface area contributed by atoms with Gasteiger partial charge in [-0.2, -0.15) is 0 Å². The fourth-order valence-corrected chi connectivity index (χ4v) is 2.44. The minimum atomic E-state index is -2.42. The number of rotatable bonds is 5. The predicted molar refractivity (Wildman–Crippen MR) is 83.5 cm³/mol. The summed E-state index contributed by atoms with van der Waals surface area (Å²) in [6, 6.07) is 17.4. The van der Waals surface area contributed by atoms with E-state index in [1.807, 2.05) is 54.6 Å². The molecule has 0 spiro atoms. The molecule has 0 unspecified atom stereocenters. The van der Waals surface area contributed by atoms with Gasteiger partial charge in [0.15, 0.2) is 6.49 Å². The SMILES string of the molecule is NP(N)(=S)Nc1ccc(OCc2ccccc2)cc1. The van der Waals surface area contributed by atoms with Gasteiger partial charge >= 0.3 is 0 Å². The van der Waals surface area contributed by atoms with Crippen LogP contribution in [0.25, 0.3) is 0 Å². The summed E-state index contributed by atoms with van der Waals surface area (Å²) in [5, 5.41) is 2.91. The van der Waals surface area contributed by atoms with Crippen molar-refractivity contribution in [2.75, 3.05) is 5.09 Å². The van der Waals surface area contributed by atoms with Crippen molar-refractivity contribution in [3.8, 4) is 5.75 Å². The number of hydrogen-bond donors (Lipinski definition) is 3. The Morgan fingerprint density at radius 1 is 1.00 bits per heavy atom. The van der Waals surface area contributed by atoms with Gasteiger partial charge in [-0.1, -0.05) is 30.3 Å². The predicted octanol–water partition coefficient (Wildman–Crippen LogP) is 2.82. The van der Waals surface area contributed by atoms with Gasteiger partial charge < -0.3 is 9.82 Å². The van der Waals surface area contributed by atoms with E-state index < -0.39 is 6.49 Å². The smallest absolute Gasteiger partial charge is 0.156 e. The van der Waals surface area contributed by atoms with E-state index in [0.29, 0.717) is 6.61 Å². The number of benzene rings is 2. The topological polar surface area (TPSA) is 73.3 Å². The summed E-state index contributed by atoms with van der Waals surface area (Å²) in [5.74, 6) is 0.789. The second kappa shape index (κ2) is 6.17. The molecule has 5 N–H and O–H groups in total. The lowest BCUT2D eigenvalue weighted by Gasteiger charge is -2.14. The third-order valence-corrected chi connectivity index (χ3v) is 3.29. The van der Waals surface area contributed by atoms with E-state index in [2.05, 4.69) is 5.09 Å². The third-order valence-electron chi connectivity index (χ3n) is 2.41. The molecule has 0 heterocycles. The van der Waals surface area contributed by atoms with Crippen molar-refractivity contribution in [2.24, 2.45) is 11.0 Å². The van der Waals surface area contributed by atoms with Crippen molar-refractivity contribution in [1.29, 1.82) is 0 Å². The lowest BCUT2D eigenvalue weighted by Crippen LogP contribution is -2.12. The Bertz CT molecular complexity index is 568. The fourth-order valence-electron chi connectivity index (χ4n) is 1.57. The molecule has 19 heavy (non-hydrogen) atoms. The van der Waals surface area contributed by atoms with Gasteiger partial charge in [0.25, 0.3) is 0 Å². The molecule has 0 fully saturated rings. The van der Waals surface area contributed by atoms with Crippen LogP contribution in [0.1, 0.15) is 5.56 Å². The van der Waals surface area contributed by atoms with Crippen LogP contribution in [0.15, 0.2) is 54.6 Å². The summed E-state index contributed by atoms with van der Waals surface area (Å²) in [5.41, 5.74) is 13.1. The maximum Gasteiger partial charge on any atom is 0.156 e. The van der Waals surface area contributed by atoms with Crippen LogP contribution in [0.5, 0.6) is 5.75 Å². The van der Waals surface area contributed by atoms with Crippen LogP contribution < -0.4 is 20.8 Å². The van der Waals surface area contributed by atoms with Crippen molar-refractivity contribution in [3.05, 3.63) is 60.2 Å². The fraction of sp³-hybridized carbons (Fsp3) is 0.0769. The van der Waals surface area contributed by atoms with Gasteiger partial charge in [0.1, 0.15) is 12.4 Å². The molecular weight excluding hydrogens is 277 g/mol. The van der Waals surface area contributed by atoms with Crippen LogP contribution in [-0.4, -0.2) is 0 Å². The van der Waals surface area contributed by atoms with Crippen molar-refractivity contribution < 1.29 is 4.74 Å². The Balaban J connectivity index is 1.94. The molecule has 0 atom stereocenters. The zero-order valence-electron chi connectivity index (χ0n) is 10.3. The van der Waals surface area contributed by atoms with E-state index in [1.165, 1.54) is 0 Å². The molecule has 2 rings (SSSR count). The van der Waals surface area contributed by atoms with Crippen LogP contribution in [0.4, 0.5) is 5.69 Å². The summed E-state index contributed by atoms with van der Waals surface area (Å²) in [6.07, 6.45) is 0. The average Bonchev–Trinajstić information content (AvgIpc) is 2.37. The zero-order valence-corrected chi connectivity index (χ0v) is 12.0. The van der Waals surface area contributed by atoms with Crippen LogP contribution in [0.2, 0.25) is 0 Å². The molecule has 0 aliphatic rings. The Morgan fingerprint density at radius 3 is 2.21 bits per heavy atom. The molecule has 4 nitrogen and oxygen atoms in total. The van der Waals surface area contributed by atoms with E-state index in [0.717, 1.165) is 17.0 Å². The largest absolute Gasteiger partial charge is 0.489 e. The first kappa shape index (κ1) is 14.0. The minimum Gasteiger partial charge on any atom is -0.489 e. The molecule has 0 amide bonds. The number of nitrogens with one attached hydrogen (secondary N) is 1. The monoisotopic (exact) mass is 293 g/mol. The highest BCUT2D eigenvalue weighted by Gasteiger charge is 2.03. The minimum absolute atomic E-state index is 0.541. The molecule has 0 radical (unpaired) electrons. The first-order chi connectivity index (χ1) is 9.03. The van der Waals surface area contributed by atoms with Crippen molar-refractivity contribution in [1.82, 2.24) is 0 Å². The number of anilines is 1. The Labute approximate surface area is 117 Å². The van der Waals surface area contributed by atoms with Crippen molar-refractivity contribution in [2.45, 2.75) is 6.61 Å². The standard InChI is InChI=1S/C13H16N3OPS/c14-18(15,19)16-12-6-8-13(9-7-12)17-10-11-4-2-1-3-5-11/h1-9H,10H2,(H5,14,15,16,19). The van der Waals surface area contributed by atoms with Crippen molar-refractivity contribution >= 4 is 24.0 Å². The Morgan fingerprint density at radius 2 is 1.63 bits per heavy atom. The maximum atomic E-state index is 5.67. The number of ether oxygens (including phenoxy) is 1. The van der Waals surface area contributed by atoms with Crippen LogP contribution in [-0.2, 0) is 18.4 Å². The van der Waals surface area contributed by atoms with Gasteiger partial charge in [-0.15, -0.1) is 0 Å². The molecular formula is C13H16N3OPS. The van der Waals surface area contributed by atoms with E-state index >= 15 is 0 Å². The second-order valence-electron chi connectivity index (χ2n) is 4.12. The molecule has 6 heteroatoms. The van der Waals surface area contributed by atoms with Crippen LogP contribution in [0.3, 0.4) is 0 Å². The quantitative estimate of drug-likeness (QED) is 0.739. The van der Waals surface area contributed by atoms with Gasteiger partial charge in [0.2, 0.25) is 0 Å². The Hall–Kier alpha value is -1.39. The third kappa shape index (κ3) is 5.01. The van der Waals surface area contributed by atoms with E-state index in [4.69, 9.17) is 27.6 Å². The first-order valence-electron chi connectivity index (χ1n) is 5.75. The highest BCUT2D eigenvalue weighted by Crippen LogP contribution is 2.28. The number of nitrogens with two attached hydrogens (primary N) is 2. The van der Waals surface area contributed by atoms with Crippen LogP contribution >= 0.6 is 6.49 Å². The van der Waals surface area contributed by atoms with Gasteiger partial charge in [-0.05, 0) is 41.6 Å². The molecule has 0 bridgehead atoms. The summed E-state index contributed by atoms with van der Waals surface area (Å²) in [6.45, 7) is -1.88. The highest BCUT2D eigenvalue weighted by atomic mass is 32.4.